The zero-order chi connectivity index (χ0) is 62.0. The van der Waals surface area contributed by atoms with Crippen LogP contribution in [0.2, 0.25) is 0 Å². The molecule has 12 rings (SSSR count). The summed E-state index contributed by atoms with van der Waals surface area (Å²) >= 11 is 0. The molecule has 4 aromatic heterocycles. The van der Waals surface area contributed by atoms with Crippen LogP contribution >= 0.6 is 0 Å². The van der Waals surface area contributed by atoms with Crippen LogP contribution in [0.3, 0.4) is 0 Å². The highest BCUT2D eigenvalue weighted by molar-refractivity contribution is 5.93. The lowest BCUT2D eigenvalue weighted by Gasteiger charge is -2.28. The van der Waals surface area contributed by atoms with Crippen LogP contribution in [0.4, 0.5) is 17.6 Å². The number of carboxylic acid groups (broad SMARTS) is 2. The predicted molar refractivity (Wildman–Crippen MR) is 316 cm³/mol. The molecule has 2 N–H and O–H groups in total. The average Bonchev–Trinajstić information content (AvgIpc) is 1.73. The second-order valence-corrected chi connectivity index (χ2v) is 23.0. The second-order valence-electron chi connectivity index (χ2n) is 23.0. The molecule has 16 nitrogen and oxygen atoms in total. The molecule has 2 fully saturated rings. The monoisotopic (exact) mass is 1190 g/mol. The molecule has 0 aliphatic carbocycles. The van der Waals surface area contributed by atoms with Crippen molar-refractivity contribution in [2.45, 2.75) is 65.8 Å². The van der Waals surface area contributed by atoms with E-state index < -0.39 is 35.2 Å². The summed E-state index contributed by atoms with van der Waals surface area (Å²) < 4.78 is 86.7. The Labute approximate surface area is 502 Å². The number of hydrogen-bond donors (Lipinski definition) is 2. The number of rotatable bonds is 16. The Balaban J connectivity index is 0.000000182. The quantitative estimate of drug-likeness (QED) is 0.0860. The van der Waals surface area contributed by atoms with Gasteiger partial charge in [-0.2, -0.15) is 10.5 Å². The Hall–Kier alpha value is -10.3. The molecule has 0 amide bonds. The van der Waals surface area contributed by atoms with E-state index in [0.29, 0.717) is 93.8 Å². The second kappa shape index (κ2) is 24.6. The van der Waals surface area contributed by atoms with Gasteiger partial charge in [0.2, 0.25) is 11.8 Å². The molecule has 2 aliphatic rings. The van der Waals surface area contributed by atoms with Crippen LogP contribution in [0.1, 0.15) is 106 Å². The lowest BCUT2D eigenvalue weighted by Crippen LogP contribution is -2.27. The van der Waals surface area contributed by atoms with Gasteiger partial charge in [0.1, 0.15) is 48.1 Å². The zero-order valence-electron chi connectivity index (χ0n) is 48.1. The van der Waals surface area contributed by atoms with Gasteiger partial charge in [-0.25, -0.2) is 47.1 Å². The van der Waals surface area contributed by atoms with Crippen LogP contribution in [0.25, 0.3) is 44.6 Å². The van der Waals surface area contributed by atoms with Crippen LogP contribution in [0, 0.1) is 56.8 Å². The minimum absolute atomic E-state index is 0.0842. The van der Waals surface area contributed by atoms with E-state index in [1.165, 1.54) is 48.5 Å². The summed E-state index contributed by atoms with van der Waals surface area (Å²) in [4.78, 5) is 41.9. The highest BCUT2D eigenvalue weighted by atomic mass is 19.1. The highest BCUT2D eigenvalue weighted by Crippen LogP contribution is 2.42. The minimum Gasteiger partial charge on any atom is -0.478 e. The van der Waals surface area contributed by atoms with E-state index in [1.54, 1.807) is 84.9 Å². The molecule has 0 radical (unpaired) electrons. The van der Waals surface area contributed by atoms with Crippen molar-refractivity contribution < 1.29 is 56.3 Å². The average molecular weight is 1190 g/mol. The van der Waals surface area contributed by atoms with Crippen LogP contribution in [0.5, 0.6) is 11.8 Å². The van der Waals surface area contributed by atoms with Crippen molar-refractivity contribution in [1.29, 1.82) is 10.5 Å². The molecule has 2 atom stereocenters. The van der Waals surface area contributed by atoms with Crippen LogP contribution < -0.4 is 9.47 Å². The van der Waals surface area contributed by atoms with Crippen molar-refractivity contribution in [2.75, 3.05) is 26.4 Å². The summed E-state index contributed by atoms with van der Waals surface area (Å²) in [5.74, 6) is -2.33. The number of imidazole rings is 2. The Morgan fingerprint density at radius 3 is 1.28 bits per heavy atom. The lowest BCUT2D eigenvalue weighted by molar-refractivity contribution is 0.0686. The molecule has 6 heterocycles. The number of carbonyl (C=O) groups is 2. The molecule has 444 valence electrons. The normalized spacial score (nSPS) is 15.8. The van der Waals surface area contributed by atoms with Gasteiger partial charge in [0, 0.05) is 58.1 Å². The van der Waals surface area contributed by atoms with Crippen LogP contribution in [-0.2, 0) is 35.5 Å². The minimum atomic E-state index is -1.03. The largest absolute Gasteiger partial charge is 0.478 e. The molecule has 2 aliphatic heterocycles. The smallest absolute Gasteiger partial charge is 0.335 e. The van der Waals surface area contributed by atoms with E-state index >= 15 is 8.78 Å². The van der Waals surface area contributed by atoms with E-state index in [9.17, 15) is 28.6 Å². The van der Waals surface area contributed by atoms with Gasteiger partial charge < -0.3 is 38.3 Å². The fourth-order valence-electron chi connectivity index (χ4n) is 11.0. The van der Waals surface area contributed by atoms with Crippen molar-refractivity contribution in [3.05, 3.63) is 225 Å². The Bertz CT molecular complexity index is 4170. The summed E-state index contributed by atoms with van der Waals surface area (Å²) in [6, 6.07) is 41.4. The molecule has 0 spiro atoms. The Morgan fingerprint density at radius 1 is 0.534 bits per heavy atom. The standard InChI is InChI=1S/2C34H28F2N4O4/c2*1-34(2)19-43-18-30(34)40-29-14-23(33(41)42)10-11-28(29)38-31(40)15-21-8-9-22(13-26(21)36)27-4-3-5-32(39-27)44-17-24-7-6-20(16-37)12-25(24)35/h2*3-14,30H,15,17-19H2,1-2H3,(H,41,42). The third kappa shape index (κ3) is 12.5. The number of halogens is 4. The topological polar surface area (TPSA) is 221 Å². The van der Waals surface area contributed by atoms with E-state index in [1.807, 2.05) is 21.3 Å². The molecule has 20 heteroatoms. The first kappa shape index (κ1) is 59.5. The molecule has 88 heavy (non-hydrogen) atoms. The SMILES string of the molecule is CC1(C)COCC1n1c(Cc2ccc(-c3cccc(OCc4ccc(C#N)cc4F)n3)cc2F)nc2ccc(C(=O)O)cc21.CC1(C)COCC1n1c(Cc2ccc(-c3cccc(OCc4ccc(C#N)cc4F)n3)cc2F)nc2ccc(C(=O)O)cc21. The third-order valence-corrected chi connectivity index (χ3v) is 15.9. The lowest BCUT2D eigenvalue weighted by atomic mass is 9.87. The molecular formula is C68H56F4N8O8. The summed E-state index contributed by atoms with van der Waals surface area (Å²) in [5, 5.41) is 37.0. The number of hydrogen-bond acceptors (Lipinski definition) is 12. The number of pyridine rings is 2. The van der Waals surface area contributed by atoms with Gasteiger partial charge in [0.15, 0.2) is 0 Å². The van der Waals surface area contributed by atoms with E-state index in [0.717, 1.165) is 12.1 Å². The van der Waals surface area contributed by atoms with E-state index in [-0.39, 0.29) is 94.1 Å². The van der Waals surface area contributed by atoms with Gasteiger partial charge in [-0.3, -0.25) is 0 Å². The van der Waals surface area contributed by atoms with E-state index in [2.05, 4.69) is 37.7 Å². The van der Waals surface area contributed by atoms with Crippen molar-refractivity contribution in [2.24, 2.45) is 10.8 Å². The fraction of sp³-hybridized carbons (Fsp3) is 0.235. The number of nitriles is 2. The van der Waals surface area contributed by atoms with Gasteiger partial charge in [-0.1, -0.05) is 76.2 Å². The molecule has 0 saturated carbocycles. The van der Waals surface area contributed by atoms with Gasteiger partial charge >= 0.3 is 11.9 Å². The number of aromatic carboxylic acids is 2. The summed E-state index contributed by atoms with van der Waals surface area (Å²) in [7, 11) is 0. The van der Waals surface area contributed by atoms with Crippen molar-refractivity contribution in [1.82, 2.24) is 29.1 Å². The Morgan fingerprint density at radius 2 is 0.932 bits per heavy atom. The third-order valence-electron chi connectivity index (χ3n) is 15.9. The molecule has 10 aromatic rings. The van der Waals surface area contributed by atoms with Gasteiger partial charge in [-0.15, -0.1) is 0 Å². The number of aromatic nitrogens is 6. The first-order valence-corrected chi connectivity index (χ1v) is 28.0. The summed E-state index contributed by atoms with van der Waals surface area (Å²) in [6.07, 6.45) is 0.366. The first-order valence-electron chi connectivity index (χ1n) is 28.0. The van der Waals surface area contributed by atoms with Crippen LogP contribution in [0.15, 0.2) is 146 Å². The first-order chi connectivity index (χ1) is 42.2. The number of nitrogens with zero attached hydrogens (tertiary/aromatic N) is 8. The molecule has 0 bridgehead atoms. The van der Waals surface area contributed by atoms with Crippen LogP contribution in [-0.4, -0.2) is 77.6 Å². The summed E-state index contributed by atoms with van der Waals surface area (Å²) in [5.41, 5.74) is 6.29. The molecule has 2 saturated heterocycles. The van der Waals surface area contributed by atoms with Gasteiger partial charge in [0.05, 0.1) is 106 Å². The fourth-order valence-corrected chi connectivity index (χ4v) is 11.0. The Kier molecular flexibility index (Phi) is 16.6. The van der Waals surface area contributed by atoms with Gasteiger partial charge in [0.25, 0.3) is 0 Å². The van der Waals surface area contributed by atoms with Gasteiger partial charge in [-0.05, 0) is 96.1 Å². The number of ether oxygens (including phenoxy) is 4. The maximum atomic E-state index is 15.6. The van der Waals surface area contributed by atoms with Crippen molar-refractivity contribution in [3.63, 3.8) is 0 Å². The molecular weight excluding hydrogens is 1130 g/mol. The number of fused-ring (bicyclic) bond motifs is 2. The highest BCUT2D eigenvalue weighted by Gasteiger charge is 2.40. The van der Waals surface area contributed by atoms with E-state index in [4.69, 9.17) is 39.4 Å². The number of carboxylic acids is 2. The molecule has 6 aromatic carbocycles. The predicted octanol–water partition coefficient (Wildman–Crippen LogP) is 13.4. The maximum absolute atomic E-state index is 15.6. The zero-order valence-corrected chi connectivity index (χ0v) is 48.1. The van der Waals surface area contributed by atoms with Crippen molar-refractivity contribution >= 4 is 34.0 Å². The van der Waals surface area contributed by atoms with Crippen molar-refractivity contribution in [3.8, 4) is 46.4 Å². The molecule has 2 unspecified atom stereocenters. The maximum Gasteiger partial charge on any atom is 0.335 e. The number of benzene rings is 6. The summed E-state index contributed by atoms with van der Waals surface area (Å²) in [6.45, 7) is 10.1.